The Balaban J connectivity index is 1.84. The molecule has 7 nitrogen and oxygen atoms in total. The summed E-state index contributed by atoms with van der Waals surface area (Å²) in [5.74, 6) is 0.206. The first-order chi connectivity index (χ1) is 14.5. The van der Waals surface area contributed by atoms with Gasteiger partial charge < -0.3 is 10.6 Å². The molecule has 1 aromatic carbocycles. The molecule has 0 atom stereocenters. The lowest BCUT2D eigenvalue weighted by Gasteiger charge is -2.12. The zero-order valence-electron chi connectivity index (χ0n) is 16.5. The number of nitrogens with zero attached hydrogens (tertiary/aromatic N) is 5. The third kappa shape index (κ3) is 3.31. The minimum atomic E-state index is -0.124. The average molecular weight is 394 g/mol. The normalized spacial score (nSPS) is 10.6. The first-order valence-corrected chi connectivity index (χ1v) is 9.21. The molecule has 0 unspecified atom stereocenters. The maximum atomic E-state index is 12.1. The van der Waals surface area contributed by atoms with E-state index >= 15 is 0 Å². The van der Waals surface area contributed by atoms with E-state index < -0.39 is 0 Å². The Labute approximate surface area is 173 Å². The molecule has 1 amide bonds. The van der Waals surface area contributed by atoms with Crippen molar-refractivity contribution in [2.45, 2.75) is 0 Å². The van der Waals surface area contributed by atoms with Crippen LogP contribution in [0.4, 0.5) is 5.82 Å². The van der Waals surface area contributed by atoms with Gasteiger partial charge in [0.15, 0.2) is 0 Å². The van der Waals surface area contributed by atoms with Crippen molar-refractivity contribution in [1.29, 1.82) is 5.26 Å². The largest absolute Gasteiger partial charge is 0.383 e. The minimum absolute atomic E-state index is 0.124. The second kappa shape index (κ2) is 7.60. The Hall–Kier alpha value is -4.31. The number of amides is 1. The van der Waals surface area contributed by atoms with Gasteiger partial charge in [-0.05, 0) is 42.0 Å². The summed E-state index contributed by atoms with van der Waals surface area (Å²) in [5.41, 5.74) is 10.8. The zero-order valence-corrected chi connectivity index (χ0v) is 16.5. The first-order valence-electron chi connectivity index (χ1n) is 9.21. The van der Waals surface area contributed by atoms with Crippen molar-refractivity contribution in [3.8, 4) is 28.5 Å². The fourth-order valence-electron chi connectivity index (χ4n) is 3.31. The van der Waals surface area contributed by atoms with Crippen LogP contribution in [0.3, 0.4) is 0 Å². The van der Waals surface area contributed by atoms with Gasteiger partial charge in [-0.2, -0.15) is 5.26 Å². The van der Waals surface area contributed by atoms with E-state index in [-0.39, 0.29) is 5.91 Å². The number of hydrogen-bond acceptors (Lipinski definition) is 6. The molecule has 0 saturated heterocycles. The third-order valence-electron chi connectivity index (χ3n) is 4.81. The predicted molar refractivity (Wildman–Crippen MR) is 115 cm³/mol. The van der Waals surface area contributed by atoms with Crippen molar-refractivity contribution in [3.05, 3.63) is 72.2 Å². The van der Waals surface area contributed by atoms with Gasteiger partial charge in [0.2, 0.25) is 0 Å². The fourth-order valence-corrected chi connectivity index (χ4v) is 3.31. The lowest BCUT2D eigenvalue weighted by Crippen LogP contribution is -2.21. The molecule has 0 aliphatic heterocycles. The number of carbonyl (C=O) groups excluding carboxylic acids is 1. The molecule has 3 heterocycles. The van der Waals surface area contributed by atoms with E-state index in [4.69, 9.17) is 5.73 Å². The highest BCUT2D eigenvalue weighted by molar-refractivity contribution is 5.99. The summed E-state index contributed by atoms with van der Waals surface area (Å²) in [6.07, 6.45) is 4.90. The molecular formula is C23H18N6O. The molecule has 0 aliphatic carbocycles. The van der Waals surface area contributed by atoms with Crippen LogP contribution in [0.25, 0.3) is 33.3 Å². The van der Waals surface area contributed by atoms with Crippen LogP contribution in [-0.2, 0) is 0 Å². The topological polar surface area (TPSA) is 109 Å². The molecule has 4 rings (SSSR count). The summed E-state index contributed by atoms with van der Waals surface area (Å²) in [4.78, 5) is 26.7. The molecule has 0 aliphatic rings. The summed E-state index contributed by atoms with van der Waals surface area (Å²) in [5, 5.41) is 10.3. The van der Waals surface area contributed by atoms with E-state index in [1.54, 1.807) is 44.7 Å². The Kier molecular flexibility index (Phi) is 4.82. The summed E-state index contributed by atoms with van der Waals surface area (Å²) in [6.45, 7) is 0. The molecule has 2 N–H and O–H groups in total. The lowest BCUT2D eigenvalue weighted by molar-refractivity contribution is 0.0827. The Bertz CT molecular complexity index is 1300. The Morgan fingerprint density at radius 1 is 1.03 bits per heavy atom. The Morgan fingerprint density at radius 3 is 2.57 bits per heavy atom. The van der Waals surface area contributed by atoms with Crippen molar-refractivity contribution >= 4 is 22.6 Å². The number of nitrogen functional groups attached to an aromatic ring is 1. The monoisotopic (exact) mass is 394 g/mol. The number of benzene rings is 1. The number of rotatable bonds is 3. The third-order valence-corrected chi connectivity index (χ3v) is 4.81. The lowest BCUT2D eigenvalue weighted by atomic mass is 9.97. The summed E-state index contributed by atoms with van der Waals surface area (Å²) in [6, 6.07) is 14.9. The molecule has 0 bridgehead atoms. The number of nitriles is 1. The fraction of sp³-hybridized carbons (Fsp3) is 0.0870. The minimum Gasteiger partial charge on any atom is -0.383 e. The van der Waals surface area contributed by atoms with Crippen LogP contribution >= 0.6 is 0 Å². The summed E-state index contributed by atoms with van der Waals surface area (Å²) >= 11 is 0. The van der Waals surface area contributed by atoms with Gasteiger partial charge in [-0.25, -0.2) is 4.98 Å². The van der Waals surface area contributed by atoms with Crippen LogP contribution in [0.2, 0.25) is 0 Å². The van der Waals surface area contributed by atoms with Gasteiger partial charge in [0.1, 0.15) is 5.82 Å². The average Bonchev–Trinajstić information content (AvgIpc) is 2.78. The first kappa shape index (κ1) is 19.0. The molecule has 0 radical (unpaired) electrons. The van der Waals surface area contributed by atoms with E-state index in [1.807, 2.05) is 24.3 Å². The molecule has 0 fully saturated rings. The van der Waals surface area contributed by atoms with Crippen molar-refractivity contribution < 1.29 is 4.79 Å². The van der Waals surface area contributed by atoms with E-state index in [0.717, 1.165) is 22.0 Å². The number of pyridine rings is 3. The SMILES string of the molecule is CN(C)C(=O)c1ccc(-c2cc(-c3ccnc4cccc(C#N)c34)cnc2N)nc1. The second-order valence-corrected chi connectivity index (χ2v) is 6.96. The molecule has 4 aromatic rings. The van der Waals surface area contributed by atoms with Crippen LogP contribution in [-0.4, -0.2) is 39.9 Å². The maximum absolute atomic E-state index is 12.1. The number of fused-ring (bicyclic) bond motifs is 1. The van der Waals surface area contributed by atoms with Crippen LogP contribution in [0.15, 0.2) is 61.1 Å². The van der Waals surface area contributed by atoms with E-state index in [1.165, 1.54) is 11.1 Å². The highest BCUT2D eigenvalue weighted by Crippen LogP contribution is 2.33. The quantitative estimate of drug-likeness (QED) is 0.569. The molecular weight excluding hydrogens is 376 g/mol. The molecule has 3 aromatic heterocycles. The maximum Gasteiger partial charge on any atom is 0.254 e. The number of hydrogen-bond donors (Lipinski definition) is 1. The van der Waals surface area contributed by atoms with E-state index in [2.05, 4.69) is 21.0 Å². The number of aromatic nitrogens is 3. The van der Waals surface area contributed by atoms with Crippen molar-refractivity contribution in [2.75, 3.05) is 19.8 Å². The van der Waals surface area contributed by atoms with Gasteiger partial charge in [-0.3, -0.25) is 14.8 Å². The molecule has 146 valence electrons. The van der Waals surface area contributed by atoms with Crippen LogP contribution in [0.5, 0.6) is 0 Å². The van der Waals surface area contributed by atoms with E-state index in [9.17, 15) is 10.1 Å². The van der Waals surface area contributed by atoms with Crippen LogP contribution < -0.4 is 5.73 Å². The summed E-state index contributed by atoms with van der Waals surface area (Å²) < 4.78 is 0. The number of carbonyl (C=O) groups is 1. The highest BCUT2D eigenvalue weighted by Gasteiger charge is 2.14. The molecule has 30 heavy (non-hydrogen) atoms. The van der Waals surface area contributed by atoms with Gasteiger partial charge in [0.05, 0.1) is 28.4 Å². The molecule has 0 saturated carbocycles. The highest BCUT2D eigenvalue weighted by atomic mass is 16.2. The van der Waals surface area contributed by atoms with E-state index in [0.29, 0.717) is 28.2 Å². The molecule has 7 heteroatoms. The second-order valence-electron chi connectivity index (χ2n) is 6.96. The molecule has 0 spiro atoms. The van der Waals surface area contributed by atoms with Crippen molar-refractivity contribution in [3.63, 3.8) is 0 Å². The standard InChI is InChI=1S/C23H18N6O/c1-29(2)23(30)15-6-7-19(27-12-15)18-10-16(13-28-22(18)25)17-8-9-26-20-5-3-4-14(11-24)21(17)20/h3-10,12-13H,1-2H3,(H2,25,28). The van der Waals surface area contributed by atoms with Gasteiger partial charge in [0.25, 0.3) is 5.91 Å². The van der Waals surface area contributed by atoms with Crippen LogP contribution in [0.1, 0.15) is 15.9 Å². The van der Waals surface area contributed by atoms with Gasteiger partial charge in [-0.15, -0.1) is 0 Å². The Morgan fingerprint density at radius 2 is 1.87 bits per heavy atom. The number of nitrogens with two attached hydrogens (primary N) is 1. The summed E-state index contributed by atoms with van der Waals surface area (Å²) in [7, 11) is 3.38. The zero-order chi connectivity index (χ0) is 21.3. The van der Waals surface area contributed by atoms with Gasteiger partial charge in [0, 0.05) is 49.2 Å². The van der Waals surface area contributed by atoms with Crippen molar-refractivity contribution in [2.24, 2.45) is 0 Å². The van der Waals surface area contributed by atoms with Gasteiger partial charge in [-0.1, -0.05) is 6.07 Å². The predicted octanol–water partition coefficient (Wildman–Crippen LogP) is 3.51. The van der Waals surface area contributed by atoms with Gasteiger partial charge >= 0.3 is 0 Å². The number of anilines is 1. The van der Waals surface area contributed by atoms with Crippen molar-refractivity contribution in [1.82, 2.24) is 19.9 Å². The smallest absolute Gasteiger partial charge is 0.254 e. The van der Waals surface area contributed by atoms with Crippen LogP contribution in [0, 0.1) is 11.3 Å².